The lowest BCUT2D eigenvalue weighted by molar-refractivity contribution is -0.146. The summed E-state index contributed by atoms with van der Waals surface area (Å²) in [7, 11) is 0. The van der Waals surface area contributed by atoms with Gasteiger partial charge in [-0.05, 0) is 44.6 Å². The minimum Gasteiger partial charge on any atom is -0.480 e. The predicted molar refractivity (Wildman–Crippen MR) is 69.7 cm³/mol. The molecule has 1 amide bonds. The summed E-state index contributed by atoms with van der Waals surface area (Å²) in [5.41, 5.74) is -0.275. The Balaban J connectivity index is 1.65. The summed E-state index contributed by atoms with van der Waals surface area (Å²) < 4.78 is 0. The van der Waals surface area contributed by atoms with Crippen molar-refractivity contribution in [3.05, 3.63) is 0 Å². The Bertz CT molecular complexity index is 394. The summed E-state index contributed by atoms with van der Waals surface area (Å²) in [5.74, 6) is 0.226. The molecular formula is C14H22N2O3. The molecule has 0 aromatic heterocycles. The van der Waals surface area contributed by atoms with Crippen molar-refractivity contribution >= 4 is 11.9 Å². The van der Waals surface area contributed by atoms with E-state index in [1.807, 2.05) is 9.80 Å². The Hall–Kier alpha value is -1.10. The number of hydrogen-bond acceptors (Lipinski definition) is 3. The number of carboxylic acids is 1. The Labute approximate surface area is 113 Å². The number of nitrogens with zero attached hydrogens (tertiary/aromatic N) is 2. The third-order valence-electron chi connectivity index (χ3n) is 4.79. The summed E-state index contributed by atoms with van der Waals surface area (Å²) in [6.45, 7) is 3.28. The highest BCUT2D eigenvalue weighted by Crippen LogP contribution is 2.41. The summed E-state index contributed by atoms with van der Waals surface area (Å²) in [6.07, 6.45) is 5.37. The van der Waals surface area contributed by atoms with Crippen LogP contribution in [0.25, 0.3) is 0 Å². The van der Waals surface area contributed by atoms with Gasteiger partial charge in [0.2, 0.25) is 5.91 Å². The molecule has 2 aliphatic heterocycles. The van der Waals surface area contributed by atoms with Crippen LogP contribution in [-0.2, 0) is 9.59 Å². The van der Waals surface area contributed by atoms with Crippen LogP contribution in [0, 0.1) is 11.3 Å². The van der Waals surface area contributed by atoms with E-state index in [4.69, 9.17) is 5.11 Å². The fraction of sp³-hybridized carbons (Fsp3) is 0.857. The molecule has 3 fully saturated rings. The van der Waals surface area contributed by atoms with Gasteiger partial charge in [-0.1, -0.05) is 0 Å². The van der Waals surface area contributed by atoms with Crippen molar-refractivity contribution < 1.29 is 14.7 Å². The van der Waals surface area contributed by atoms with Crippen molar-refractivity contribution in [3.63, 3.8) is 0 Å². The third-order valence-corrected chi connectivity index (χ3v) is 4.79. The van der Waals surface area contributed by atoms with Crippen LogP contribution in [0.5, 0.6) is 0 Å². The molecule has 3 rings (SSSR count). The summed E-state index contributed by atoms with van der Waals surface area (Å²) in [4.78, 5) is 27.4. The van der Waals surface area contributed by atoms with E-state index in [0.29, 0.717) is 12.5 Å². The average Bonchev–Trinajstić information content (AvgIpc) is 3.08. The second-order valence-electron chi connectivity index (χ2n) is 6.43. The molecule has 2 saturated heterocycles. The van der Waals surface area contributed by atoms with Gasteiger partial charge in [-0.15, -0.1) is 0 Å². The van der Waals surface area contributed by atoms with Gasteiger partial charge in [0.15, 0.2) is 0 Å². The number of hydrogen-bond donors (Lipinski definition) is 1. The maximum Gasteiger partial charge on any atom is 0.317 e. The Morgan fingerprint density at radius 1 is 1.32 bits per heavy atom. The van der Waals surface area contributed by atoms with Crippen molar-refractivity contribution in [2.24, 2.45) is 11.3 Å². The van der Waals surface area contributed by atoms with Crippen molar-refractivity contribution in [2.75, 3.05) is 32.7 Å². The Morgan fingerprint density at radius 3 is 2.79 bits per heavy atom. The van der Waals surface area contributed by atoms with Crippen LogP contribution >= 0.6 is 0 Å². The van der Waals surface area contributed by atoms with E-state index in [2.05, 4.69) is 0 Å². The van der Waals surface area contributed by atoms with Crippen LogP contribution in [0.3, 0.4) is 0 Å². The first-order valence-electron chi connectivity index (χ1n) is 7.33. The first-order chi connectivity index (χ1) is 9.09. The molecule has 1 saturated carbocycles. The molecule has 5 nitrogen and oxygen atoms in total. The first-order valence-corrected chi connectivity index (χ1v) is 7.33. The molecule has 5 heteroatoms. The van der Waals surface area contributed by atoms with Gasteiger partial charge in [-0.2, -0.15) is 0 Å². The lowest BCUT2D eigenvalue weighted by Crippen LogP contribution is -2.50. The molecule has 19 heavy (non-hydrogen) atoms. The molecule has 0 bridgehead atoms. The molecule has 1 N–H and O–H groups in total. The van der Waals surface area contributed by atoms with Crippen molar-refractivity contribution in [3.8, 4) is 0 Å². The maximum atomic E-state index is 12.7. The topological polar surface area (TPSA) is 60.9 Å². The number of amides is 1. The van der Waals surface area contributed by atoms with E-state index >= 15 is 0 Å². The molecule has 0 unspecified atom stereocenters. The smallest absolute Gasteiger partial charge is 0.317 e. The maximum absolute atomic E-state index is 12.7. The van der Waals surface area contributed by atoms with Gasteiger partial charge >= 0.3 is 5.97 Å². The van der Waals surface area contributed by atoms with Gasteiger partial charge in [-0.25, -0.2) is 0 Å². The van der Waals surface area contributed by atoms with Crippen LogP contribution in [-0.4, -0.2) is 59.5 Å². The average molecular weight is 266 g/mol. The van der Waals surface area contributed by atoms with Gasteiger partial charge in [0.25, 0.3) is 0 Å². The predicted octanol–water partition coefficient (Wildman–Crippen LogP) is 0.795. The highest BCUT2D eigenvalue weighted by Gasteiger charge is 2.49. The minimum absolute atomic E-state index is 0.0671. The fourth-order valence-corrected chi connectivity index (χ4v) is 3.60. The number of carbonyl (C=O) groups is 2. The van der Waals surface area contributed by atoms with E-state index in [-0.39, 0.29) is 12.0 Å². The van der Waals surface area contributed by atoms with E-state index in [1.165, 1.54) is 12.8 Å². The largest absolute Gasteiger partial charge is 0.480 e. The molecule has 1 atom stereocenters. The molecule has 0 aromatic carbocycles. The van der Waals surface area contributed by atoms with Crippen LogP contribution in [0.2, 0.25) is 0 Å². The standard InChI is InChI=1S/C14H22N2O3/c17-12(18)9-15-7-5-14(10-15)4-1-6-16(13(14)19)8-11-2-3-11/h11H,1-10H2,(H,17,18)/t14-/m1/s1. The summed E-state index contributed by atoms with van der Waals surface area (Å²) in [5, 5.41) is 8.87. The highest BCUT2D eigenvalue weighted by molar-refractivity contribution is 5.84. The fourth-order valence-electron chi connectivity index (χ4n) is 3.60. The van der Waals surface area contributed by atoms with Gasteiger partial charge in [0.05, 0.1) is 12.0 Å². The number of likely N-dealkylation sites (tertiary alicyclic amines) is 2. The number of aliphatic carboxylic acids is 1. The molecule has 0 aromatic rings. The SMILES string of the molecule is O=C(O)CN1CC[C@]2(CCCN(CC3CC3)C2=O)C1. The molecule has 1 spiro atoms. The lowest BCUT2D eigenvalue weighted by Gasteiger charge is -2.39. The monoisotopic (exact) mass is 266 g/mol. The van der Waals surface area contributed by atoms with Crippen LogP contribution < -0.4 is 0 Å². The van der Waals surface area contributed by atoms with E-state index in [0.717, 1.165) is 44.8 Å². The zero-order chi connectivity index (χ0) is 13.5. The van der Waals surface area contributed by atoms with Crippen molar-refractivity contribution in [2.45, 2.75) is 32.1 Å². The van der Waals surface area contributed by atoms with Crippen LogP contribution in [0.4, 0.5) is 0 Å². The van der Waals surface area contributed by atoms with Gasteiger partial charge in [0, 0.05) is 19.6 Å². The van der Waals surface area contributed by atoms with E-state index in [9.17, 15) is 9.59 Å². The number of rotatable bonds is 4. The molecule has 0 radical (unpaired) electrons. The van der Waals surface area contributed by atoms with Gasteiger partial charge in [-0.3, -0.25) is 14.5 Å². The minimum atomic E-state index is -0.796. The zero-order valence-corrected chi connectivity index (χ0v) is 11.3. The summed E-state index contributed by atoms with van der Waals surface area (Å²) >= 11 is 0. The summed E-state index contributed by atoms with van der Waals surface area (Å²) in [6, 6.07) is 0. The first kappa shape index (κ1) is 12.9. The highest BCUT2D eigenvalue weighted by atomic mass is 16.4. The van der Waals surface area contributed by atoms with Crippen LogP contribution in [0.15, 0.2) is 0 Å². The Morgan fingerprint density at radius 2 is 2.11 bits per heavy atom. The number of carboxylic acid groups (broad SMARTS) is 1. The van der Waals surface area contributed by atoms with Crippen LogP contribution in [0.1, 0.15) is 32.1 Å². The second-order valence-corrected chi connectivity index (χ2v) is 6.43. The molecular weight excluding hydrogens is 244 g/mol. The number of piperidine rings is 1. The van der Waals surface area contributed by atoms with Gasteiger partial charge in [0.1, 0.15) is 0 Å². The molecule has 3 aliphatic rings. The Kier molecular flexibility index (Phi) is 3.25. The quantitative estimate of drug-likeness (QED) is 0.817. The molecule has 106 valence electrons. The van der Waals surface area contributed by atoms with Gasteiger partial charge < -0.3 is 10.0 Å². The molecule has 1 aliphatic carbocycles. The van der Waals surface area contributed by atoms with Crippen molar-refractivity contribution in [1.82, 2.24) is 9.80 Å². The normalized spacial score (nSPS) is 32.2. The third kappa shape index (κ3) is 2.61. The van der Waals surface area contributed by atoms with E-state index < -0.39 is 5.97 Å². The molecule has 2 heterocycles. The van der Waals surface area contributed by atoms with Crippen molar-refractivity contribution in [1.29, 1.82) is 0 Å². The lowest BCUT2D eigenvalue weighted by atomic mass is 9.78. The van der Waals surface area contributed by atoms with E-state index in [1.54, 1.807) is 0 Å². The zero-order valence-electron chi connectivity index (χ0n) is 11.3. The second kappa shape index (κ2) is 4.78. The number of carbonyl (C=O) groups excluding carboxylic acids is 1.